The second-order valence-electron chi connectivity index (χ2n) is 29.6. The third-order valence-electron chi connectivity index (χ3n) is 20.9. The van der Waals surface area contributed by atoms with Crippen molar-refractivity contribution in [2.45, 2.75) is 117 Å². The SMILES string of the molecule is Brc1cc(Br)cc(-n2c3ccccc3c3ccccc32)c1.Brc1ccccc1.CC1(C)OB(c2cccc(B3OC(C)(C)C(C)(C)O3)c2)OC1(C)C.CC1(C)OB(c2ccccc2)OC1(C)C.c1ccc(-c2cccc(-c3cc(-c4ccccc4)cc(-n4c5ccccc5c5ccccc54)c3)c2)cc1. The van der Waals surface area contributed by atoms with Crippen LogP contribution < -0.4 is 16.4 Å². The van der Waals surface area contributed by atoms with E-state index in [4.69, 9.17) is 27.9 Å². The lowest BCUT2D eigenvalue weighted by Gasteiger charge is -2.32. The van der Waals surface area contributed by atoms with Crippen LogP contribution in [-0.2, 0) is 27.9 Å². The van der Waals surface area contributed by atoms with Gasteiger partial charge in [-0.2, -0.15) is 0 Å². The van der Waals surface area contributed by atoms with Crippen LogP contribution in [0.15, 0.2) is 317 Å². The van der Waals surface area contributed by atoms with Crippen LogP contribution in [0.3, 0.4) is 0 Å². The molecule has 0 amide bonds. The molecule has 0 unspecified atom stereocenters. The lowest BCUT2D eigenvalue weighted by atomic mass is 9.72. The van der Waals surface area contributed by atoms with Gasteiger partial charge in [0.05, 0.1) is 55.7 Å². The van der Waals surface area contributed by atoms with Gasteiger partial charge in [0.2, 0.25) is 0 Å². The smallest absolute Gasteiger partial charge is 0.399 e. The molecule has 0 atom stereocenters. The molecule has 0 saturated carbocycles. The zero-order valence-electron chi connectivity index (χ0n) is 61.1. The number of hydrogen-bond donors (Lipinski definition) is 0. The van der Waals surface area contributed by atoms with Gasteiger partial charge in [0.15, 0.2) is 0 Å². The highest BCUT2D eigenvalue weighted by Crippen LogP contribution is 2.42. The highest BCUT2D eigenvalue weighted by molar-refractivity contribution is 9.11. The second kappa shape index (κ2) is 30.6. The summed E-state index contributed by atoms with van der Waals surface area (Å²) in [6, 6.07) is 106. The Kier molecular flexibility index (Phi) is 21.8. The molecule has 522 valence electrons. The van der Waals surface area contributed by atoms with E-state index in [2.05, 4.69) is 364 Å². The number of para-hydroxylation sites is 4. The Morgan fingerprint density at radius 1 is 0.221 bits per heavy atom. The predicted molar refractivity (Wildman–Crippen MR) is 447 cm³/mol. The van der Waals surface area contributed by atoms with Gasteiger partial charge in [-0.05, 0) is 212 Å². The zero-order chi connectivity index (χ0) is 73.2. The zero-order valence-corrected chi connectivity index (χ0v) is 65.8. The largest absolute Gasteiger partial charge is 0.494 e. The molecule has 0 radical (unpaired) electrons. The fourth-order valence-electron chi connectivity index (χ4n) is 13.1. The molecule has 3 aliphatic rings. The highest BCUT2D eigenvalue weighted by atomic mass is 79.9. The topological polar surface area (TPSA) is 65.2 Å². The molecule has 8 nitrogen and oxygen atoms in total. The summed E-state index contributed by atoms with van der Waals surface area (Å²) in [4.78, 5) is 0. The molecule has 12 aromatic carbocycles. The molecule has 5 heterocycles. The maximum atomic E-state index is 6.15. The van der Waals surface area contributed by atoms with Gasteiger partial charge in [0, 0.05) is 46.3 Å². The number of halogens is 3. The Hall–Kier alpha value is -8.37. The second-order valence-corrected chi connectivity index (χ2v) is 32.3. The van der Waals surface area contributed by atoms with Crippen molar-refractivity contribution in [3.63, 3.8) is 0 Å². The number of rotatable bonds is 8. The molecular weight excluding hydrogens is 1480 g/mol. The summed E-state index contributed by atoms with van der Waals surface area (Å²) in [5.41, 5.74) is 15.6. The van der Waals surface area contributed by atoms with Crippen LogP contribution in [0.25, 0.3) is 88.4 Å². The van der Waals surface area contributed by atoms with Crippen LogP contribution in [0, 0.1) is 0 Å². The van der Waals surface area contributed by atoms with E-state index in [-0.39, 0.29) is 55.0 Å². The van der Waals surface area contributed by atoms with Crippen molar-refractivity contribution >= 4 is 129 Å². The summed E-state index contributed by atoms with van der Waals surface area (Å²) in [7, 11) is -0.994. The molecule has 14 aromatic rings. The molecular formula is C90H86B3Br3N2O6. The molecule has 2 aromatic heterocycles. The van der Waals surface area contributed by atoms with Crippen molar-refractivity contribution in [1.29, 1.82) is 0 Å². The first kappa shape index (κ1) is 73.9. The van der Waals surface area contributed by atoms with Crippen LogP contribution in [0.5, 0.6) is 0 Å². The summed E-state index contributed by atoms with van der Waals surface area (Å²) in [5, 5.41) is 5.11. The van der Waals surface area contributed by atoms with Crippen LogP contribution in [0.2, 0.25) is 0 Å². The van der Waals surface area contributed by atoms with Crippen molar-refractivity contribution < 1.29 is 27.9 Å². The Balaban J connectivity index is 0.000000125. The fraction of sp³-hybridized carbons (Fsp3) is 0.200. The number of aromatic nitrogens is 2. The molecule has 17 rings (SSSR count). The van der Waals surface area contributed by atoms with E-state index in [9.17, 15) is 0 Å². The van der Waals surface area contributed by atoms with Gasteiger partial charge in [-0.1, -0.05) is 272 Å². The van der Waals surface area contributed by atoms with Gasteiger partial charge in [-0.25, -0.2) is 0 Å². The normalized spacial score (nSPS) is 16.4. The van der Waals surface area contributed by atoms with Crippen molar-refractivity contribution in [2.75, 3.05) is 0 Å². The standard InChI is InChI=1S/C36H25N.C18H28B2O4.C18H11Br2N.C12H17BO2.C6H5Br/c1-3-12-26(13-4-1)28-16-11-17-29(22-28)31-23-30(27-14-5-2-6-15-27)24-32(25-31)37-35-20-9-7-18-33(35)34-19-8-10-21-36(34)37;1-15(2)16(3,4)22-19(21-15)13-10-9-11-14(12-13)20-23-17(5,6)18(7,8)24-20;19-12-9-13(20)11-14(10-12)21-17-7-3-1-5-15(17)16-6-2-4-8-18(16)21;1-11(2)12(3,4)15-13(14-11)10-8-6-5-7-9-10;7-6-4-2-1-3-5-6/h1-25H;9-12H,1-8H3;1-11H;5-9H,1-4H3;1-5H. The van der Waals surface area contributed by atoms with Crippen molar-refractivity contribution in [3.8, 4) is 44.8 Å². The first-order chi connectivity index (χ1) is 49.7. The van der Waals surface area contributed by atoms with Gasteiger partial charge in [-0.15, -0.1) is 0 Å². The molecule has 14 heteroatoms. The maximum absolute atomic E-state index is 6.15. The predicted octanol–water partition coefficient (Wildman–Crippen LogP) is 22.8. The van der Waals surface area contributed by atoms with Crippen LogP contribution in [-0.4, -0.2) is 64.1 Å². The number of benzene rings is 12. The average Bonchev–Trinajstić information content (AvgIpc) is 1.61. The molecule has 3 saturated heterocycles. The minimum atomic E-state index is -0.377. The van der Waals surface area contributed by atoms with Crippen molar-refractivity contribution in [1.82, 2.24) is 9.13 Å². The molecule has 0 aliphatic carbocycles. The summed E-state index contributed by atoms with van der Waals surface area (Å²) >= 11 is 10.5. The monoisotopic (exact) mass is 1560 g/mol. The van der Waals surface area contributed by atoms with E-state index in [1.165, 1.54) is 82.7 Å². The maximum Gasteiger partial charge on any atom is 0.494 e. The van der Waals surface area contributed by atoms with E-state index >= 15 is 0 Å². The first-order valence-electron chi connectivity index (χ1n) is 35.5. The van der Waals surface area contributed by atoms with E-state index < -0.39 is 0 Å². The quantitative estimate of drug-likeness (QED) is 0.141. The lowest BCUT2D eigenvalue weighted by molar-refractivity contribution is 0.00578. The number of nitrogens with zero attached hydrogens (tertiary/aromatic N) is 2. The van der Waals surface area contributed by atoms with E-state index in [0.717, 1.165) is 35.5 Å². The summed E-state index contributed by atoms with van der Waals surface area (Å²) in [6.07, 6.45) is 0. The van der Waals surface area contributed by atoms with E-state index in [0.29, 0.717) is 0 Å². The molecule has 104 heavy (non-hydrogen) atoms. The van der Waals surface area contributed by atoms with Crippen molar-refractivity contribution in [3.05, 3.63) is 317 Å². The van der Waals surface area contributed by atoms with Crippen molar-refractivity contribution in [2.24, 2.45) is 0 Å². The van der Waals surface area contributed by atoms with Crippen LogP contribution >= 0.6 is 47.8 Å². The molecule has 3 aliphatic heterocycles. The minimum absolute atomic E-state index is 0.240. The van der Waals surface area contributed by atoms with Gasteiger partial charge in [0.25, 0.3) is 0 Å². The highest BCUT2D eigenvalue weighted by Gasteiger charge is 2.54. The lowest BCUT2D eigenvalue weighted by Crippen LogP contribution is -2.41. The Morgan fingerprint density at radius 2 is 0.481 bits per heavy atom. The molecule has 0 bridgehead atoms. The Labute approximate surface area is 639 Å². The van der Waals surface area contributed by atoms with Gasteiger partial charge in [-0.3, -0.25) is 0 Å². The third-order valence-corrected chi connectivity index (χ3v) is 22.3. The van der Waals surface area contributed by atoms with Gasteiger partial charge in [0.1, 0.15) is 0 Å². The fourth-order valence-corrected chi connectivity index (χ4v) is 14.7. The van der Waals surface area contributed by atoms with Crippen LogP contribution in [0.1, 0.15) is 83.1 Å². The van der Waals surface area contributed by atoms with Gasteiger partial charge >= 0.3 is 21.4 Å². The molecule has 0 spiro atoms. The van der Waals surface area contributed by atoms with E-state index in [1.54, 1.807) is 0 Å². The third kappa shape index (κ3) is 15.9. The van der Waals surface area contributed by atoms with Crippen LogP contribution in [0.4, 0.5) is 0 Å². The average molecular weight is 1560 g/mol. The summed E-state index contributed by atoms with van der Waals surface area (Å²) in [6.45, 7) is 24.7. The Morgan fingerprint density at radius 3 is 0.846 bits per heavy atom. The van der Waals surface area contributed by atoms with Gasteiger partial charge < -0.3 is 37.1 Å². The molecule has 3 fully saturated rings. The minimum Gasteiger partial charge on any atom is -0.399 e. The first-order valence-corrected chi connectivity index (χ1v) is 37.9. The summed E-state index contributed by atoms with van der Waals surface area (Å²) in [5.74, 6) is 0. The summed E-state index contributed by atoms with van der Waals surface area (Å²) < 4.78 is 44.4. The van der Waals surface area contributed by atoms with E-state index in [1.807, 2.05) is 78.9 Å². The number of hydrogen-bond acceptors (Lipinski definition) is 6. The Bertz CT molecular complexity index is 5090. The molecule has 0 N–H and O–H groups in total. The number of fused-ring (bicyclic) bond motifs is 6.